The van der Waals surface area contributed by atoms with Gasteiger partial charge in [-0.05, 0) is 39.5 Å². The fourth-order valence-corrected chi connectivity index (χ4v) is 8.14. The predicted molar refractivity (Wildman–Crippen MR) is 224 cm³/mol. The molecule has 320 valence electrons. The van der Waals surface area contributed by atoms with Crippen LogP contribution in [0.3, 0.4) is 0 Å². The number of unbranched alkanes of at least 4 members (excludes halogenated alkanes) is 26. The van der Waals surface area contributed by atoms with Crippen LogP contribution in [0.2, 0.25) is 0 Å². The molecule has 0 atom stereocenters. The molecule has 0 N–H and O–H groups in total. The minimum Gasteiger partial charge on any atom is -0.759 e. The highest BCUT2D eigenvalue weighted by atomic mass is 32.3. The Labute approximate surface area is 331 Å². The lowest BCUT2D eigenvalue weighted by molar-refractivity contribution is -0.933. The van der Waals surface area contributed by atoms with Crippen LogP contribution in [-0.2, 0) is 19.9 Å². The molecule has 0 bridgehead atoms. The Bertz CT molecular complexity index is 785. The normalized spacial score (nSPS) is 16.7. The lowest BCUT2D eigenvalue weighted by Gasteiger charge is -2.40. The topological polar surface area (TPSA) is 98.7 Å². The van der Waals surface area contributed by atoms with Gasteiger partial charge in [-0.15, -0.1) is 0 Å². The molecule has 2 fully saturated rings. The molecule has 8 nitrogen and oxygen atoms in total. The fraction of sp³-hybridized carbons (Fsp3) is 1.00. The van der Waals surface area contributed by atoms with Gasteiger partial charge >= 0.3 is 0 Å². The van der Waals surface area contributed by atoms with Gasteiger partial charge in [0.1, 0.15) is 26.2 Å². The minimum absolute atomic E-state index is 0.979. The number of hydrogen-bond acceptors (Lipinski definition) is 6. The average Bonchev–Trinajstić information content (AvgIpc) is 3.15. The van der Waals surface area contributed by atoms with Crippen molar-refractivity contribution in [1.29, 1.82) is 0 Å². The quantitative estimate of drug-likeness (QED) is 0.0292. The number of likely N-dealkylation sites (N-methyl/N-ethyl adjacent to an activating group) is 2. The van der Waals surface area contributed by atoms with Crippen molar-refractivity contribution in [2.45, 2.75) is 207 Å². The summed E-state index contributed by atoms with van der Waals surface area (Å²) in [5, 5.41) is 0. The Balaban J connectivity index is 0.000000904. The third-order valence-electron chi connectivity index (χ3n) is 12.2. The molecule has 0 amide bonds. The number of rotatable bonds is 32. The van der Waals surface area contributed by atoms with Crippen molar-refractivity contribution in [3.05, 3.63) is 0 Å². The summed E-state index contributed by atoms with van der Waals surface area (Å²) in [7, 11) is -5.17. The lowest BCUT2D eigenvalue weighted by Crippen LogP contribution is -2.55. The first kappa shape index (κ1) is 52.7. The number of hydrogen-bond donors (Lipinski definition) is 0. The molecule has 0 aromatic rings. The summed E-state index contributed by atoms with van der Waals surface area (Å²) in [6.07, 6.45) is 40.7. The lowest BCUT2D eigenvalue weighted by atomic mass is 10.0. The Hall–Kier alpha value is -0.290. The van der Waals surface area contributed by atoms with E-state index in [2.05, 4.69) is 27.7 Å². The van der Waals surface area contributed by atoms with Gasteiger partial charge in [0.2, 0.25) is 0 Å². The molecule has 0 aromatic heterocycles. The molecule has 2 aliphatic rings. The van der Waals surface area contributed by atoms with Crippen molar-refractivity contribution >= 4 is 10.4 Å². The van der Waals surface area contributed by atoms with Crippen LogP contribution >= 0.6 is 0 Å². The minimum atomic E-state index is -5.17. The standard InChI is InChI=1S/2C22H46NO.H2O4S/c2*1-3-5-6-7-8-9-10-11-12-13-14-15-16-17-18-23(4-2)19-21-24-22-20-23;1-5(2,3)4/h2*3-22H2,1-2H3;(H2,1,2,3,4)/q2*+1;/p-2. The fourth-order valence-electron chi connectivity index (χ4n) is 8.14. The summed E-state index contributed by atoms with van der Waals surface area (Å²) in [4.78, 5) is 0. The highest BCUT2D eigenvalue weighted by Crippen LogP contribution is 2.18. The molecule has 0 aliphatic carbocycles. The van der Waals surface area contributed by atoms with Crippen molar-refractivity contribution in [2.75, 3.05) is 78.8 Å². The molecule has 2 rings (SSSR count). The van der Waals surface area contributed by atoms with Gasteiger partial charge in [0, 0.05) is 10.4 Å². The summed E-state index contributed by atoms with van der Waals surface area (Å²) in [6, 6.07) is 0. The first-order chi connectivity index (χ1) is 25.7. The largest absolute Gasteiger partial charge is 0.759 e. The Morgan fingerprint density at radius 3 is 0.755 bits per heavy atom. The van der Waals surface area contributed by atoms with E-state index in [-0.39, 0.29) is 0 Å². The van der Waals surface area contributed by atoms with Crippen molar-refractivity contribution in [2.24, 2.45) is 0 Å². The number of morpholine rings is 2. The highest BCUT2D eigenvalue weighted by molar-refractivity contribution is 7.79. The van der Waals surface area contributed by atoms with Crippen LogP contribution in [0, 0.1) is 0 Å². The molecule has 53 heavy (non-hydrogen) atoms. The molecule has 0 unspecified atom stereocenters. The van der Waals surface area contributed by atoms with E-state index < -0.39 is 10.4 Å². The van der Waals surface area contributed by atoms with Gasteiger partial charge in [0.15, 0.2) is 0 Å². The summed E-state index contributed by atoms with van der Waals surface area (Å²) in [5.74, 6) is 0. The first-order valence-corrected chi connectivity index (χ1v) is 24.5. The second-order valence-electron chi connectivity index (χ2n) is 16.5. The third-order valence-corrected chi connectivity index (χ3v) is 12.2. The van der Waals surface area contributed by atoms with E-state index in [0.29, 0.717) is 0 Å². The maximum atomic E-state index is 8.52. The molecule has 0 radical (unpaired) electrons. The zero-order chi connectivity index (χ0) is 39.2. The second kappa shape index (κ2) is 37.3. The smallest absolute Gasteiger partial charge is 0.102 e. The van der Waals surface area contributed by atoms with Gasteiger partial charge in [-0.3, -0.25) is 8.42 Å². The van der Waals surface area contributed by atoms with E-state index in [0.717, 1.165) is 26.4 Å². The van der Waals surface area contributed by atoms with Crippen LogP contribution in [0.5, 0.6) is 0 Å². The van der Waals surface area contributed by atoms with E-state index >= 15 is 0 Å². The van der Waals surface area contributed by atoms with Crippen molar-refractivity contribution in [3.63, 3.8) is 0 Å². The van der Waals surface area contributed by atoms with Crippen LogP contribution in [-0.4, -0.2) is 105 Å². The number of nitrogens with zero attached hydrogens (tertiary/aromatic N) is 2. The Morgan fingerprint density at radius 1 is 0.377 bits per heavy atom. The third kappa shape index (κ3) is 35.8. The summed E-state index contributed by atoms with van der Waals surface area (Å²) < 4.78 is 47.8. The van der Waals surface area contributed by atoms with Gasteiger partial charge in [0.25, 0.3) is 0 Å². The zero-order valence-electron chi connectivity index (χ0n) is 36.0. The number of quaternary nitrogens is 2. The van der Waals surface area contributed by atoms with Gasteiger partial charge in [-0.25, -0.2) is 0 Å². The maximum absolute atomic E-state index is 8.52. The second-order valence-corrected chi connectivity index (χ2v) is 17.3. The maximum Gasteiger partial charge on any atom is 0.102 e. The van der Waals surface area contributed by atoms with E-state index in [9.17, 15) is 0 Å². The molecule has 0 aromatic carbocycles. The Morgan fingerprint density at radius 2 is 0.566 bits per heavy atom. The molecule has 2 saturated heterocycles. The number of ether oxygens (including phenoxy) is 2. The van der Waals surface area contributed by atoms with Crippen LogP contribution in [0.25, 0.3) is 0 Å². The van der Waals surface area contributed by atoms with E-state index in [1.165, 1.54) is 241 Å². The summed E-state index contributed by atoms with van der Waals surface area (Å²) in [6.45, 7) is 23.6. The molecular weight excluding hydrogens is 685 g/mol. The molecule has 2 heterocycles. The first-order valence-electron chi connectivity index (χ1n) is 23.2. The highest BCUT2D eigenvalue weighted by Gasteiger charge is 2.28. The van der Waals surface area contributed by atoms with Gasteiger partial charge < -0.3 is 27.5 Å². The summed E-state index contributed by atoms with van der Waals surface area (Å²) >= 11 is 0. The molecule has 2 aliphatic heterocycles. The van der Waals surface area contributed by atoms with Crippen molar-refractivity contribution < 1.29 is 36.0 Å². The summed E-state index contributed by atoms with van der Waals surface area (Å²) in [5.41, 5.74) is 0. The van der Waals surface area contributed by atoms with Crippen LogP contribution in [0.1, 0.15) is 207 Å². The van der Waals surface area contributed by atoms with Gasteiger partial charge in [-0.1, -0.05) is 168 Å². The van der Waals surface area contributed by atoms with Crippen molar-refractivity contribution in [1.82, 2.24) is 0 Å². The van der Waals surface area contributed by atoms with Gasteiger partial charge in [0.05, 0.1) is 52.6 Å². The SMILES string of the molecule is CCCCCCCCCCCCCCCC[N+]1(CC)CCOCC1.CCCCCCCCCCCCCCCC[N+]1(CC)CCOCC1.O=S(=O)([O-])[O-]. The van der Waals surface area contributed by atoms with Crippen molar-refractivity contribution in [3.8, 4) is 0 Å². The molecular formula is C44H92N2O6S. The average molecular weight is 777 g/mol. The molecule has 9 heteroatoms. The molecule has 0 spiro atoms. The zero-order valence-corrected chi connectivity index (χ0v) is 36.9. The predicted octanol–water partition coefficient (Wildman–Crippen LogP) is 11.3. The van der Waals surface area contributed by atoms with E-state index in [1.54, 1.807) is 0 Å². The van der Waals surface area contributed by atoms with E-state index in [1.807, 2.05) is 0 Å². The van der Waals surface area contributed by atoms with E-state index in [4.69, 9.17) is 27.0 Å². The van der Waals surface area contributed by atoms with Crippen LogP contribution < -0.4 is 0 Å². The molecule has 0 saturated carbocycles. The van der Waals surface area contributed by atoms with Gasteiger partial charge in [-0.2, -0.15) is 0 Å². The monoisotopic (exact) mass is 777 g/mol. The van der Waals surface area contributed by atoms with Crippen LogP contribution in [0.4, 0.5) is 0 Å². The Kier molecular flexibility index (Phi) is 37.1. The van der Waals surface area contributed by atoms with Crippen LogP contribution in [0.15, 0.2) is 0 Å².